The Balaban J connectivity index is 1.66. The summed E-state index contributed by atoms with van der Waals surface area (Å²) in [5.74, 6) is -0.260. The third kappa shape index (κ3) is 4.41. The molecule has 0 radical (unpaired) electrons. The standard InChI is InChI=1S/C23H27FN4O2S/c1-4-27-15-23(17(3)26-27)31(29,30)28-11-5-6-22(28)21-14-19(12-16(2)25-21)13-18-7-9-20(24)10-8-18/h7-10,12,14-15,22H,4-6,11,13H2,1-3H3. The molecular weight excluding hydrogens is 415 g/mol. The minimum absolute atomic E-state index is 0.260. The summed E-state index contributed by atoms with van der Waals surface area (Å²) in [4.78, 5) is 4.95. The minimum atomic E-state index is -3.68. The van der Waals surface area contributed by atoms with Crippen LogP contribution in [0.1, 0.15) is 54.0 Å². The van der Waals surface area contributed by atoms with Gasteiger partial charge in [0.25, 0.3) is 0 Å². The molecule has 1 fully saturated rings. The van der Waals surface area contributed by atoms with Crippen molar-refractivity contribution in [1.82, 2.24) is 19.1 Å². The Morgan fingerprint density at radius 3 is 2.55 bits per heavy atom. The van der Waals surface area contributed by atoms with Gasteiger partial charge < -0.3 is 0 Å². The Morgan fingerprint density at radius 1 is 1.13 bits per heavy atom. The number of halogens is 1. The molecule has 4 rings (SSSR count). The maximum absolute atomic E-state index is 13.5. The molecule has 1 atom stereocenters. The Kier molecular flexibility index (Phi) is 5.94. The van der Waals surface area contributed by atoms with E-state index in [1.165, 1.54) is 12.1 Å². The van der Waals surface area contributed by atoms with E-state index in [1.54, 1.807) is 34.2 Å². The van der Waals surface area contributed by atoms with E-state index in [1.807, 2.05) is 26.0 Å². The molecule has 0 amide bonds. The fourth-order valence-electron chi connectivity index (χ4n) is 4.24. The normalized spacial score (nSPS) is 17.4. The Bertz CT molecular complexity index is 1190. The number of nitrogens with zero attached hydrogens (tertiary/aromatic N) is 4. The highest BCUT2D eigenvalue weighted by molar-refractivity contribution is 7.89. The summed E-state index contributed by atoms with van der Waals surface area (Å²) in [5.41, 5.74) is 4.15. The highest BCUT2D eigenvalue weighted by Gasteiger charge is 2.38. The number of pyridine rings is 1. The lowest BCUT2D eigenvalue weighted by Gasteiger charge is -2.24. The van der Waals surface area contributed by atoms with Crippen LogP contribution in [0.25, 0.3) is 0 Å². The molecule has 0 saturated carbocycles. The van der Waals surface area contributed by atoms with E-state index in [4.69, 9.17) is 0 Å². The zero-order valence-corrected chi connectivity index (χ0v) is 18.9. The van der Waals surface area contributed by atoms with Crippen LogP contribution < -0.4 is 0 Å². The summed E-state index contributed by atoms with van der Waals surface area (Å²) < 4.78 is 43.4. The number of aromatic nitrogens is 3. The number of aryl methyl sites for hydroxylation is 3. The van der Waals surface area contributed by atoms with E-state index in [0.717, 1.165) is 35.4 Å². The molecule has 1 saturated heterocycles. The fraction of sp³-hybridized carbons (Fsp3) is 0.391. The van der Waals surface area contributed by atoms with Crippen molar-refractivity contribution in [3.63, 3.8) is 0 Å². The van der Waals surface area contributed by atoms with Crippen molar-refractivity contribution in [2.24, 2.45) is 0 Å². The number of benzene rings is 1. The molecule has 31 heavy (non-hydrogen) atoms. The van der Waals surface area contributed by atoms with Crippen LogP contribution in [-0.4, -0.2) is 34.0 Å². The first kappa shape index (κ1) is 21.6. The molecule has 1 aliphatic rings. The fourth-order valence-corrected chi connectivity index (χ4v) is 6.08. The van der Waals surface area contributed by atoms with Crippen LogP contribution >= 0.6 is 0 Å². The molecule has 6 nitrogen and oxygen atoms in total. The molecule has 0 spiro atoms. The van der Waals surface area contributed by atoms with Gasteiger partial charge in [0.05, 0.1) is 17.4 Å². The molecular formula is C23H27FN4O2S. The third-order valence-corrected chi connectivity index (χ3v) is 7.72. The van der Waals surface area contributed by atoms with Crippen molar-refractivity contribution in [3.8, 4) is 0 Å². The second-order valence-corrected chi connectivity index (χ2v) is 9.91. The zero-order valence-electron chi connectivity index (χ0n) is 18.0. The third-order valence-electron chi connectivity index (χ3n) is 5.71. The van der Waals surface area contributed by atoms with Gasteiger partial charge in [-0.15, -0.1) is 0 Å². The van der Waals surface area contributed by atoms with Gasteiger partial charge in [-0.3, -0.25) is 9.67 Å². The van der Waals surface area contributed by atoms with Crippen molar-refractivity contribution in [2.75, 3.05) is 6.54 Å². The number of hydrogen-bond acceptors (Lipinski definition) is 4. The summed E-state index contributed by atoms with van der Waals surface area (Å²) in [6.45, 7) is 6.66. The van der Waals surface area contributed by atoms with Gasteiger partial charge in [0.15, 0.2) is 0 Å². The molecule has 3 aromatic rings. The summed E-state index contributed by atoms with van der Waals surface area (Å²) in [6.07, 6.45) is 3.77. The van der Waals surface area contributed by atoms with E-state index in [-0.39, 0.29) is 16.8 Å². The quantitative estimate of drug-likeness (QED) is 0.575. The second-order valence-electron chi connectivity index (χ2n) is 8.05. The maximum Gasteiger partial charge on any atom is 0.247 e. The van der Waals surface area contributed by atoms with E-state index in [0.29, 0.717) is 25.2 Å². The smallest absolute Gasteiger partial charge is 0.247 e. The average molecular weight is 443 g/mol. The summed E-state index contributed by atoms with van der Waals surface area (Å²) in [5, 5.41) is 4.31. The lowest BCUT2D eigenvalue weighted by Crippen LogP contribution is -2.31. The van der Waals surface area contributed by atoms with Crippen LogP contribution in [0.3, 0.4) is 0 Å². The van der Waals surface area contributed by atoms with Crippen molar-refractivity contribution in [1.29, 1.82) is 0 Å². The number of sulfonamides is 1. The van der Waals surface area contributed by atoms with Crippen LogP contribution in [0.2, 0.25) is 0 Å². The first-order valence-corrected chi connectivity index (χ1v) is 12.0. The van der Waals surface area contributed by atoms with E-state index in [9.17, 15) is 12.8 Å². The highest BCUT2D eigenvalue weighted by Crippen LogP contribution is 2.37. The topological polar surface area (TPSA) is 68.1 Å². The lowest BCUT2D eigenvalue weighted by molar-refractivity contribution is 0.389. The molecule has 2 aromatic heterocycles. The Morgan fingerprint density at radius 2 is 1.87 bits per heavy atom. The number of hydrogen-bond donors (Lipinski definition) is 0. The van der Waals surface area contributed by atoms with Crippen LogP contribution in [0.4, 0.5) is 4.39 Å². The zero-order chi connectivity index (χ0) is 22.2. The van der Waals surface area contributed by atoms with Gasteiger partial charge in [0.2, 0.25) is 10.0 Å². The summed E-state index contributed by atoms with van der Waals surface area (Å²) in [7, 11) is -3.68. The van der Waals surface area contributed by atoms with E-state index >= 15 is 0 Å². The van der Waals surface area contributed by atoms with Crippen LogP contribution in [0, 0.1) is 19.7 Å². The van der Waals surface area contributed by atoms with Crippen molar-refractivity contribution < 1.29 is 12.8 Å². The second kappa shape index (κ2) is 8.51. The van der Waals surface area contributed by atoms with Gasteiger partial charge in [0, 0.05) is 25.0 Å². The van der Waals surface area contributed by atoms with E-state index < -0.39 is 10.0 Å². The maximum atomic E-state index is 13.5. The molecule has 1 aromatic carbocycles. The molecule has 1 unspecified atom stereocenters. The molecule has 0 bridgehead atoms. The summed E-state index contributed by atoms with van der Waals surface area (Å²) >= 11 is 0. The molecule has 3 heterocycles. The van der Waals surface area contributed by atoms with Gasteiger partial charge in [0.1, 0.15) is 10.7 Å². The van der Waals surface area contributed by atoms with Gasteiger partial charge in [-0.25, -0.2) is 12.8 Å². The summed E-state index contributed by atoms with van der Waals surface area (Å²) in [6, 6.07) is 10.1. The Hall–Kier alpha value is -2.58. The first-order valence-electron chi connectivity index (χ1n) is 10.6. The monoisotopic (exact) mass is 442 g/mol. The largest absolute Gasteiger partial charge is 0.271 e. The van der Waals surface area contributed by atoms with Crippen LogP contribution in [0.15, 0.2) is 47.5 Å². The molecule has 8 heteroatoms. The van der Waals surface area contributed by atoms with Crippen molar-refractivity contribution in [3.05, 3.63) is 76.6 Å². The van der Waals surface area contributed by atoms with Crippen molar-refractivity contribution >= 4 is 10.0 Å². The van der Waals surface area contributed by atoms with Crippen LogP contribution in [-0.2, 0) is 23.0 Å². The first-order chi connectivity index (χ1) is 14.8. The molecule has 1 aliphatic heterocycles. The lowest BCUT2D eigenvalue weighted by atomic mass is 10.0. The highest BCUT2D eigenvalue weighted by atomic mass is 32.2. The van der Waals surface area contributed by atoms with Crippen LogP contribution in [0.5, 0.6) is 0 Å². The van der Waals surface area contributed by atoms with Gasteiger partial charge in [-0.2, -0.15) is 9.40 Å². The van der Waals surface area contributed by atoms with Gasteiger partial charge in [-0.05, 0) is 75.4 Å². The SMILES string of the molecule is CCn1cc(S(=O)(=O)N2CCCC2c2cc(Cc3ccc(F)cc3)cc(C)n2)c(C)n1. The molecule has 0 N–H and O–H groups in total. The number of rotatable bonds is 6. The minimum Gasteiger partial charge on any atom is -0.271 e. The van der Waals surface area contributed by atoms with Gasteiger partial charge >= 0.3 is 0 Å². The molecule has 0 aliphatic carbocycles. The van der Waals surface area contributed by atoms with Gasteiger partial charge in [-0.1, -0.05) is 12.1 Å². The van der Waals surface area contributed by atoms with Crippen molar-refractivity contribution in [2.45, 2.75) is 57.5 Å². The molecule has 164 valence electrons. The average Bonchev–Trinajstić information content (AvgIpc) is 3.37. The van der Waals surface area contributed by atoms with E-state index in [2.05, 4.69) is 10.1 Å². The predicted octanol–water partition coefficient (Wildman–Crippen LogP) is 4.17. The Labute approximate surface area is 182 Å². The predicted molar refractivity (Wildman–Crippen MR) is 117 cm³/mol.